The third-order valence-electron chi connectivity index (χ3n) is 3.96. The van der Waals surface area contributed by atoms with E-state index in [2.05, 4.69) is 10.3 Å². The van der Waals surface area contributed by atoms with Gasteiger partial charge in [-0.1, -0.05) is 36.0 Å². The minimum Gasteiger partial charge on any atom is -0.350 e. The van der Waals surface area contributed by atoms with Gasteiger partial charge in [-0.25, -0.2) is 9.97 Å². The zero-order chi connectivity index (χ0) is 21.0. The number of hydrogen-bond acceptors (Lipinski definition) is 6. The third-order valence-corrected chi connectivity index (χ3v) is 5.80. The van der Waals surface area contributed by atoms with Crippen LogP contribution in [0.25, 0.3) is 21.6 Å². The fourth-order valence-corrected chi connectivity index (χ4v) is 4.29. The lowest BCUT2D eigenvalue weighted by Crippen LogP contribution is -2.46. The molecule has 0 atom stereocenters. The number of benzene rings is 1. The summed E-state index contributed by atoms with van der Waals surface area (Å²) in [6.07, 6.45) is 0. The van der Waals surface area contributed by atoms with Crippen LogP contribution in [0.1, 0.15) is 20.8 Å². The maximum Gasteiger partial charge on any atom is 0.240 e. The normalized spacial score (nSPS) is 11.4. The van der Waals surface area contributed by atoms with Crippen LogP contribution in [0, 0.1) is 0 Å². The molecule has 0 saturated heterocycles. The van der Waals surface area contributed by atoms with Crippen LogP contribution < -0.4 is 5.32 Å². The van der Waals surface area contributed by atoms with Crippen molar-refractivity contribution in [2.24, 2.45) is 0 Å². The zero-order valence-electron chi connectivity index (χ0n) is 16.9. The number of para-hydroxylation sites is 1. The number of nitrogens with zero attached hydrogens (tertiary/aromatic N) is 3. The number of carbonyl (C=O) groups is 2. The molecule has 3 rings (SSSR count). The van der Waals surface area contributed by atoms with Gasteiger partial charge in [0.2, 0.25) is 11.8 Å². The standard InChI is InChI=1S/C21H24N4O2S2/c1-21(2,3)24-17(26)12-25(4)18(27)13-29-20-14-8-5-6-9-15(14)22-19(23-20)16-10-7-11-28-16/h5-11H,12-13H2,1-4H3,(H,24,26). The van der Waals surface area contributed by atoms with Crippen molar-refractivity contribution >= 4 is 45.8 Å². The van der Waals surface area contributed by atoms with Gasteiger partial charge in [-0.2, -0.15) is 0 Å². The molecule has 1 N–H and O–H groups in total. The molecule has 0 spiro atoms. The highest BCUT2D eigenvalue weighted by molar-refractivity contribution is 8.00. The molecule has 0 unspecified atom stereocenters. The number of hydrogen-bond donors (Lipinski definition) is 1. The van der Waals surface area contributed by atoms with Gasteiger partial charge in [0.05, 0.1) is 22.7 Å². The molecule has 3 aromatic rings. The summed E-state index contributed by atoms with van der Waals surface area (Å²) in [6.45, 7) is 5.76. The molecule has 152 valence electrons. The van der Waals surface area contributed by atoms with Crippen molar-refractivity contribution in [2.45, 2.75) is 31.3 Å². The Hall–Kier alpha value is -2.45. The van der Waals surface area contributed by atoms with Crippen LogP contribution >= 0.6 is 23.1 Å². The number of nitrogens with one attached hydrogen (secondary N) is 1. The molecule has 0 aliphatic carbocycles. The van der Waals surface area contributed by atoms with Crippen LogP contribution in [-0.4, -0.2) is 51.6 Å². The van der Waals surface area contributed by atoms with E-state index in [1.807, 2.05) is 62.5 Å². The molecule has 0 fully saturated rings. The monoisotopic (exact) mass is 428 g/mol. The molecule has 0 aliphatic heterocycles. The molecule has 0 aliphatic rings. The summed E-state index contributed by atoms with van der Waals surface area (Å²) < 4.78 is 0. The summed E-state index contributed by atoms with van der Waals surface area (Å²) in [5.41, 5.74) is 0.520. The second-order valence-corrected chi connectivity index (χ2v) is 9.60. The number of carbonyl (C=O) groups excluding carboxylic acids is 2. The molecule has 0 radical (unpaired) electrons. The summed E-state index contributed by atoms with van der Waals surface area (Å²) in [4.78, 5) is 36.4. The number of thiophene rings is 1. The van der Waals surface area contributed by atoms with Crippen molar-refractivity contribution in [1.82, 2.24) is 20.2 Å². The van der Waals surface area contributed by atoms with Gasteiger partial charge in [0, 0.05) is 18.0 Å². The fraction of sp³-hybridized carbons (Fsp3) is 0.333. The molecule has 29 heavy (non-hydrogen) atoms. The Kier molecular flexibility index (Phi) is 6.54. The summed E-state index contributed by atoms with van der Waals surface area (Å²) in [7, 11) is 1.64. The number of amides is 2. The molecule has 0 saturated carbocycles. The molecule has 8 heteroatoms. The molecular weight excluding hydrogens is 404 g/mol. The molecule has 2 amide bonds. The van der Waals surface area contributed by atoms with E-state index in [-0.39, 0.29) is 29.7 Å². The van der Waals surface area contributed by atoms with Gasteiger partial charge in [0.25, 0.3) is 0 Å². The lowest BCUT2D eigenvalue weighted by Gasteiger charge is -2.23. The Balaban J connectivity index is 1.73. The van der Waals surface area contributed by atoms with Gasteiger partial charge in [-0.15, -0.1) is 11.3 Å². The van der Waals surface area contributed by atoms with Gasteiger partial charge in [-0.3, -0.25) is 9.59 Å². The van der Waals surface area contributed by atoms with E-state index < -0.39 is 0 Å². The van der Waals surface area contributed by atoms with Crippen LogP contribution in [0.2, 0.25) is 0 Å². The second kappa shape index (κ2) is 8.92. The van der Waals surface area contributed by atoms with Crippen molar-refractivity contribution in [1.29, 1.82) is 0 Å². The highest BCUT2D eigenvalue weighted by Gasteiger charge is 2.19. The molecule has 2 aromatic heterocycles. The molecule has 1 aromatic carbocycles. The van der Waals surface area contributed by atoms with Crippen LogP contribution in [0.15, 0.2) is 46.8 Å². The van der Waals surface area contributed by atoms with Gasteiger partial charge in [-0.05, 0) is 38.3 Å². The minimum absolute atomic E-state index is 0.0294. The second-order valence-electron chi connectivity index (χ2n) is 7.68. The van der Waals surface area contributed by atoms with Gasteiger partial charge in [0.1, 0.15) is 5.03 Å². The molecule has 6 nitrogen and oxygen atoms in total. The lowest BCUT2D eigenvalue weighted by atomic mass is 10.1. The SMILES string of the molecule is CN(CC(=O)NC(C)(C)C)C(=O)CSc1nc(-c2cccs2)nc2ccccc12. The van der Waals surface area contributed by atoms with Gasteiger partial charge < -0.3 is 10.2 Å². The average molecular weight is 429 g/mol. The Morgan fingerprint density at radius 1 is 1.14 bits per heavy atom. The first-order valence-corrected chi connectivity index (χ1v) is 11.1. The van der Waals surface area contributed by atoms with Crippen molar-refractivity contribution in [3.8, 4) is 10.7 Å². The summed E-state index contributed by atoms with van der Waals surface area (Å²) in [5.74, 6) is 0.557. The van der Waals surface area contributed by atoms with Crippen molar-refractivity contribution in [2.75, 3.05) is 19.3 Å². The summed E-state index contributed by atoms with van der Waals surface area (Å²) in [5, 5.41) is 6.53. The Morgan fingerprint density at radius 2 is 1.90 bits per heavy atom. The fourth-order valence-electron chi connectivity index (χ4n) is 2.68. The maximum absolute atomic E-state index is 12.6. The zero-order valence-corrected chi connectivity index (χ0v) is 18.6. The van der Waals surface area contributed by atoms with Crippen LogP contribution in [0.3, 0.4) is 0 Å². The minimum atomic E-state index is -0.326. The first-order chi connectivity index (χ1) is 13.7. The van der Waals surface area contributed by atoms with E-state index >= 15 is 0 Å². The van der Waals surface area contributed by atoms with E-state index in [1.54, 1.807) is 18.4 Å². The van der Waals surface area contributed by atoms with E-state index in [4.69, 9.17) is 4.98 Å². The van der Waals surface area contributed by atoms with Crippen molar-refractivity contribution < 1.29 is 9.59 Å². The van der Waals surface area contributed by atoms with Gasteiger partial charge in [0.15, 0.2) is 5.82 Å². The third kappa shape index (κ3) is 5.77. The van der Waals surface area contributed by atoms with Crippen LogP contribution in [0.4, 0.5) is 0 Å². The molecule has 0 bridgehead atoms. The highest BCUT2D eigenvalue weighted by Crippen LogP contribution is 2.30. The topological polar surface area (TPSA) is 75.2 Å². The van der Waals surface area contributed by atoms with E-state index in [0.717, 1.165) is 20.8 Å². The van der Waals surface area contributed by atoms with Crippen molar-refractivity contribution in [3.63, 3.8) is 0 Å². The first-order valence-electron chi connectivity index (χ1n) is 9.21. The average Bonchev–Trinajstić information content (AvgIpc) is 3.18. The Bertz CT molecular complexity index is 1010. The van der Waals surface area contributed by atoms with Crippen LogP contribution in [-0.2, 0) is 9.59 Å². The lowest BCUT2D eigenvalue weighted by molar-refractivity contribution is -0.133. The van der Waals surface area contributed by atoms with E-state index in [0.29, 0.717) is 5.82 Å². The highest BCUT2D eigenvalue weighted by atomic mass is 32.2. The molecule has 2 heterocycles. The number of likely N-dealkylation sites (N-methyl/N-ethyl adjacent to an activating group) is 1. The number of fused-ring (bicyclic) bond motifs is 1. The summed E-state index contributed by atoms with van der Waals surface area (Å²) in [6, 6.07) is 11.7. The van der Waals surface area contributed by atoms with Crippen LogP contribution in [0.5, 0.6) is 0 Å². The predicted octanol–water partition coefficient (Wildman–Crippen LogP) is 3.82. The van der Waals surface area contributed by atoms with E-state index in [9.17, 15) is 9.59 Å². The van der Waals surface area contributed by atoms with E-state index in [1.165, 1.54) is 16.7 Å². The van der Waals surface area contributed by atoms with Gasteiger partial charge >= 0.3 is 0 Å². The number of thioether (sulfide) groups is 1. The van der Waals surface area contributed by atoms with Crippen molar-refractivity contribution in [3.05, 3.63) is 41.8 Å². The molecular formula is C21H24N4O2S2. The number of rotatable bonds is 6. The first kappa shape index (κ1) is 21.3. The Labute approximate surface area is 178 Å². The maximum atomic E-state index is 12.6. The predicted molar refractivity (Wildman–Crippen MR) is 119 cm³/mol. The Morgan fingerprint density at radius 3 is 2.59 bits per heavy atom. The summed E-state index contributed by atoms with van der Waals surface area (Å²) >= 11 is 2.95. The smallest absolute Gasteiger partial charge is 0.240 e. The number of aromatic nitrogens is 2. The quantitative estimate of drug-likeness (QED) is 0.477. The largest absolute Gasteiger partial charge is 0.350 e.